The molecule has 2 aliphatic rings. The van der Waals surface area contributed by atoms with Gasteiger partial charge in [0.15, 0.2) is 11.4 Å². The van der Waals surface area contributed by atoms with Crippen molar-refractivity contribution in [1.29, 1.82) is 0 Å². The number of halogens is 1. The minimum absolute atomic E-state index is 0.0834. The van der Waals surface area contributed by atoms with E-state index in [-0.39, 0.29) is 43.6 Å². The predicted octanol–water partition coefficient (Wildman–Crippen LogP) is 0.864. The lowest BCUT2D eigenvalue weighted by Gasteiger charge is -2.20. The average Bonchev–Trinajstić information content (AvgIpc) is 3.73. The van der Waals surface area contributed by atoms with Gasteiger partial charge in [-0.05, 0) is 48.0 Å². The van der Waals surface area contributed by atoms with Gasteiger partial charge in [-0.1, -0.05) is 5.21 Å². The molecule has 0 radical (unpaired) electrons. The molecule has 0 saturated carbocycles. The quantitative estimate of drug-likeness (QED) is 0.370. The Bertz CT molecular complexity index is 1520. The highest BCUT2D eigenvalue weighted by molar-refractivity contribution is 5.95. The molecular weight excluding hydrogens is 535 g/mol. The molecule has 1 aromatic carbocycles. The summed E-state index contributed by atoms with van der Waals surface area (Å²) in [6.07, 6.45) is 3.58. The molecule has 14 nitrogen and oxygen atoms in total. The largest absolute Gasteiger partial charge is 0.489 e. The normalized spacial score (nSPS) is 19.0. The monoisotopic (exact) mass is 562 g/mol. The van der Waals surface area contributed by atoms with Crippen LogP contribution in [-0.2, 0) is 29.2 Å². The molecular formula is C26H27FN10O4. The number of aromatic nitrogens is 8. The molecule has 212 valence electrons. The Balaban J connectivity index is 1.09. The van der Waals surface area contributed by atoms with Crippen LogP contribution in [-0.4, -0.2) is 88.7 Å². The number of likely N-dealkylation sites (tertiary alicyclic amines) is 1. The summed E-state index contributed by atoms with van der Waals surface area (Å²) in [7, 11) is 0. The Kier molecular flexibility index (Phi) is 7.58. The fourth-order valence-corrected chi connectivity index (χ4v) is 4.74. The Morgan fingerprint density at radius 2 is 2.00 bits per heavy atom. The summed E-state index contributed by atoms with van der Waals surface area (Å²) in [6, 6.07) is 8.75. The predicted molar refractivity (Wildman–Crippen MR) is 139 cm³/mol. The maximum atomic E-state index is 13.2. The van der Waals surface area contributed by atoms with Gasteiger partial charge in [0.25, 0.3) is 5.91 Å². The number of fused-ring (bicyclic) bond motifs is 4. The third-order valence-corrected chi connectivity index (χ3v) is 6.83. The summed E-state index contributed by atoms with van der Waals surface area (Å²) in [5, 5.41) is 23.6. The summed E-state index contributed by atoms with van der Waals surface area (Å²) in [5.74, 6) is -0.0955. The molecule has 2 atom stereocenters. The highest BCUT2D eigenvalue weighted by atomic mass is 19.1. The number of nitrogens with one attached hydrogen (secondary N) is 1. The van der Waals surface area contributed by atoms with E-state index in [2.05, 4.69) is 36.0 Å². The number of pyridine rings is 1. The molecule has 15 heteroatoms. The van der Waals surface area contributed by atoms with Crippen molar-refractivity contribution in [3.63, 3.8) is 0 Å². The van der Waals surface area contributed by atoms with Gasteiger partial charge in [0.2, 0.25) is 11.7 Å². The lowest BCUT2D eigenvalue weighted by molar-refractivity contribution is -0.130. The van der Waals surface area contributed by atoms with E-state index in [1.54, 1.807) is 40.0 Å². The number of carbonyl (C=O) groups is 2. The molecule has 2 amide bonds. The van der Waals surface area contributed by atoms with Crippen LogP contribution in [0.25, 0.3) is 11.4 Å². The molecule has 2 bridgehead atoms. The SMILES string of the molecule is O=C1N[C@H]2CN(C(=O)CCCn3nnc(-c4ccc(F)cc4)n3)C[C@@H]2OCc2cn(nn2)CCOc2cccnc21. The van der Waals surface area contributed by atoms with Crippen molar-refractivity contribution >= 4 is 11.8 Å². The number of ether oxygens (including phenoxy) is 2. The van der Waals surface area contributed by atoms with E-state index in [1.165, 1.54) is 23.1 Å². The zero-order chi connectivity index (χ0) is 28.2. The maximum absolute atomic E-state index is 13.2. The molecule has 1 fully saturated rings. The topological polar surface area (TPSA) is 155 Å². The van der Waals surface area contributed by atoms with Gasteiger partial charge in [0.05, 0.1) is 38.0 Å². The number of rotatable bonds is 5. The Morgan fingerprint density at radius 3 is 2.88 bits per heavy atom. The van der Waals surface area contributed by atoms with Crippen LogP contribution in [0.3, 0.4) is 0 Å². The van der Waals surface area contributed by atoms with Crippen LogP contribution < -0.4 is 10.1 Å². The number of hydrogen-bond donors (Lipinski definition) is 1. The van der Waals surface area contributed by atoms with E-state index in [0.717, 1.165) is 0 Å². The fourth-order valence-electron chi connectivity index (χ4n) is 4.74. The third kappa shape index (κ3) is 6.19. The van der Waals surface area contributed by atoms with Gasteiger partial charge in [-0.25, -0.2) is 14.1 Å². The molecule has 4 aromatic rings. The zero-order valence-electron chi connectivity index (χ0n) is 22.0. The van der Waals surface area contributed by atoms with Gasteiger partial charge < -0.3 is 19.7 Å². The van der Waals surface area contributed by atoms with Crippen molar-refractivity contribution in [2.24, 2.45) is 0 Å². The number of tetrazole rings is 1. The minimum atomic E-state index is -0.463. The van der Waals surface area contributed by atoms with Crippen molar-refractivity contribution < 1.29 is 23.5 Å². The Hall–Kier alpha value is -4.79. The second kappa shape index (κ2) is 11.8. The van der Waals surface area contributed by atoms with Crippen molar-refractivity contribution in [2.75, 3.05) is 19.7 Å². The Labute approximate surface area is 233 Å². The first-order valence-corrected chi connectivity index (χ1v) is 13.2. The molecule has 3 aromatic heterocycles. The van der Waals surface area contributed by atoms with Crippen LogP contribution in [0.15, 0.2) is 48.8 Å². The van der Waals surface area contributed by atoms with E-state index >= 15 is 0 Å². The summed E-state index contributed by atoms with van der Waals surface area (Å²) < 4.78 is 26.8. The van der Waals surface area contributed by atoms with Crippen LogP contribution in [0, 0.1) is 5.82 Å². The smallest absolute Gasteiger partial charge is 0.274 e. The number of nitrogens with zero attached hydrogens (tertiary/aromatic N) is 9. The second-order valence-corrected chi connectivity index (χ2v) is 9.72. The van der Waals surface area contributed by atoms with Gasteiger partial charge in [0.1, 0.15) is 18.1 Å². The number of carbonyl (C=O) groups excluding carboxylic acids is 2. The first kappa shape index (κ1) is 26.4. The Morgan fingerprint density at radius 1 is 1.12 bits per heavy atom. The minimum Gasteiger partial charge on any atom is -0.489 e. The van der Waals surface area contributed by atoms with E-state index in [9.17, 15) is 14.0 Å². The van der Waals surface area contributed by atoms with Crippen molar-refractivity contribution in [3.8, 4) is 17.1 Å². The zero-order valence-corrected chi connectivity index (χ0v) is 22.0. The van der Waals surface area contributed by atoms with Gasteiger partial charge in [0, 0.05) is 31.3 Å². The summed E-state index contributed by atoms with van der Waals surface area (Å²) in [5.41, 5.74) is 1.45. The van der Waals surface area contributed by atoms with E-state index in [0.29, 0.717) is 48.9 Å². The van der Waals surface area contributed by atoms with Crippen molar-refractivity contribution in [3.05, 3.63) is 66.0 Å². The molecule has 5 heterocycles. The maximum Gasteiger partial charge on any atom is 0.274 e. The van der Waals surface area contributed by atoms with Crippen LogP contribution in [0.2, 0.25) is 0 Å². The van der Waals surface area contributed by atoms with Crippen molar-refractivity contribution in [2.45, 2.75) is 44.7 Å². The molecule has 6 rings (SSSR count). The first-order chi connectivity index (χ1) is 20.0. The second-order valence-electron chi connectivity index (χ2n) is 9.72. The summed E-state index contributed by atoms with van der Waals surface area (Å²) >= 11 is 0. The number of benzene rings is 1. The molecule has 2 aliphatic heterocycles. The highest BCUT2D eigenvalue weighted by Gasteiger charge is 2.37. The van der Waals surface area contributed by atoms with Crippen LogP contribution in [0.4, 0.5) is 4.39 Å². The standard InChI is InChI=1S/C26H27FN10O4/c27-18-7-5-17(6-8-18)25-31-34-37(32-25)10-2-4-23(38)35-14-20-22(15-35)41-16-19-13-36(33-30-19)11-12-40-21-3-1-9-28-24(21)26(39)29-20/h1,3,5-9,13,20,22H,2,4,10-12,14-16H2,(H,29,39)/t20-,22-/m0/s1. The summed E-state index contributed by atoms with van der Waals surface area (Å²) in [4.78, 5) is 33.6. The van der Waals surface area contributed by atoms with Crippen molar-refractivity contribution in [1.82, 2.24) is 50.4 Å². The third-order valence-electron chi connectivity index (χ3n) is 6.83. The number of amides is 2. The van der Waals surface area contributed by atoms with E-state index < -0.39 is 18.1 Å². The molecule has 0 spiro atoms. The highest BCUT2D eigenvalue weighted by Crippen LogP contribution is 2.21. The molecule has 0 aliphatic carbocycles. The van der Waals surface area contributed by atoms with Crippen LogP contribution in [0.5, 0.6) is 5.75 Å². The number of aryl methyl sites for hydroxylation is 1. The average molecular weight is 563 g/mol. The van der Waals surface area contributed by atoms with Gasteiger partial charge in [-0.15, -0.1) is 15.3 Å². The van der Waals surface area contributed by atoms with Gasteiger partial charge in [-0.3, -0.25) is 9.59 Å². The van der Waals surface area contributed by atoms with E-state index in [1.807, 2.05) is 0 Å². The molecule has 41 heavy (non-hydrogen) atoms. The lowest BCUT2D eigenvalue weighted by atomic mass is 10.2. The van der Waals surface area contributed by atoms with E-state index in [4.69, 9.17) is 9.47 Å². The van der Waals surface area contributed by atoms with Crippen LogP contribution >= 0.6 is 0 Å². The van der Waals surface area contributed by atoms with Gasteiger partial charge >= 0.3 is 0 Å². The fraction of sp³-hybridized carbons (Fsp3) is 0.385. The molecule has 1 N–H and O–H groups in total. The number of hydrogen-bond acceptors (Lipinski definition) is 10. The van der Waals surface area contributed by atoms with Crippen LogP contribution in [0.1, 0.15) is 29.0 Å². The molecule has 0 unspecified atom stereocenters. The lowest BCUT2D eigenvalue weighted by Crippen LogP contribution is -2.44. The summed E-state index contributed by atoms with van der Waals surface area (Å²) in [6.45, 7) is 1.87. The van der Waals surface area contributed by atoms with Gasteiger partial charge in [-0.2, -0.15) is 4.80 Å². The first-order valence-electron chi connectivity index (χ1n) is 13.2. The molecule has 1 saturated heterocycles.